The molecule has 0 radical (unpaired) electrons. The molecule has 3 heteroatoms. The van der Waals surface area contributed by atoms with Crippen molar-refractivity contribution >= 4 is 0 Å². The van der Waals surface area contributed by atoms with Crippen molar-refractivity contribution in [1.29, 1.82) is 0 Å². The quantitative estimate of drug-likeness (QED) is 0.908. The maximum atomic E-state index is 5.49. The number of likely N-dealkylation sites (tertiary alicyclic amines) is 1. The van der Waals surface area contributed by atoms with Crippen LogP contribution in [0.1, 0.15) is 36.8 Å². The van der Waals surface area contributed by atoms with Crippen molar-refractivity contribution in [2.75, 3.05) is 39.4 Å². The lowest BCUT2D eigenvalue weighted by molar-refractivity contribution is 0.0415. The Balaban J connectivity index is 1.41. The van der Waals surface area contributed by atoms with E-state index >= 15 is 0 Å². The molecule has 2 saturated heterocycles. The molecule has 3 heterocycles. The van der Waals surface area contributed by atoms with Crippen LogP contribution in [-0.4, -0.2) is 44.3 Å². The molecule has 1 spiro atoms. The standard InChI is InChI=1S/C19H28N2O/c1-2-4-18-17(3-1)5-10-20-19(18)8-11-21(12-9-19)15-16-6-13-22-14-7-16/h1-4,16,20H,5-15H2. The minimum Gasteiger partial charge on any atom is -0.381 e. The first kappa shape index (κ1) is 14.7. The Labute approximate surface area is 134 Å². The van der Waals surface area contributed by atoms with Gasteiger partial charge in [-0.1, -0.05) is 24.3 Å². The minimum atomic E-state index is 0.251. The van der Waals surface area contributed by atoms with E-state index in [0.29, 0.717) is 0 Å². The van der Waals surface area contributed by atoms with Gasteiger partial charge in [0.15, 0.2) is 0 Å². The van der Waals surface area contributed by atoms with Gasteiger partial charge in [0.05, 0.1) is 0 Å². The van der Waals surface area contributed by atoms with Gasteiger partial charge in [-0.25, -0.2) is 0 Å². The van der Waals surface area contributed by atoms with Crippen LogP contribution in [0.5, 0.6) is 0 Å². The van der Waals surface area contributed by atoms with E-state index < -0.39 is 0 Å². The fourth-order valence-electron chi connectivity index (χ4n) is 4.59. The highest BCUT2D eigenvalue weighted by molar-refractivity contribution is 5.36. The van der Waals surface area contributed by atoms with Crippen molar-refractivity contribution in [2.45, 2.75) is 37.6 Å². The molecule has 0 amide bonds. The first-order valence-corrected chi connectivity index (χ1v) is 8.99. The summed E-state index contributed by atoms with van der Waals surface area (Å²) in [5.41, 5.74) is 3.40. The predicted octanol–water partition coefficient (Wildman–Crippen LogP) is 2.55. The molecule has 0 aliphatic carbocycles. The third kappa shape index (κ3) is 2.82. The summed E-state index contributed by atoms with van der Waals surface area (Å²) < 4.78 is 5.49. The van der Waals surface area contributed by atoms with Crippen LogP contribution in [0, 0.1) is 5.92 Å². The summed E-state index contributed by atoms with van der Waals surface area (Å²) in [5, 5.41) is 3.87. The summed E-state index contributed by atoms with van der Waals surface area (Å²) in [6, 6.07) is 9.09. The van der Waals surface area contributed by atoms with Crippen LogP contribution < -0.4 is 5.32 Å². The molecule has 0 atom stereocenters. The summed E-state index contributed by atoms with van der Waals surface area (Å²) in [7, 11) is 0. The Bertz CT molecular complexity index is 502. The highest BCUT2D eigenvalue weighted by Crippen LogP contribution is 2.37. The molecule has 3 nitrogen and oxygen atoms in total. The number of hydrogen-bond donors (Lipinski definition) is 1. The summed E-state index contributed by atoms with van der Waals surface area (Å²) >= 11 is 0. The lowest BCUT2D eigenvalue weighted by atomic mass is 9.75. The van der Waals surface area contributed by atoms with E-state index in [9.17, 15) is 0 Å². The maximum absolute atomic E-state index is 5.49. The molecule has 1 N–H and O–H groups in total. The van der Waals surface area contributed by atoms with Gasteiger partial charge >= 0.3 is 0 Å². The topological polar surface area (TPSA) is 24.5 Å². The van der Waals surface area contributed by atoms with E-state index in [4.69, 9.17) is 4.74 Å². The van der Waals surface area contributed by atoms with E-state index in [1.807, 2.05) is 0 Å². The molecule has 3 aliphatic rings. The van der Waals surface area contributed by atoms with Crippen molar-refractivity contribution in [1.82, 2.24) is 10.2 Å². The van der Waals surface area contributed by atoms with Gasteiger partial charge in [-0.15, -0.1) is 0 Å². The summed E-state index contributed by atoms with van der Waals surface area (Å²) in [6.07, 6.45) is 6.20. The molecule has 3 aliphatic heterocycles. The van der Waals surface area contributed by atoms with Crippen LogP contribution in [0.4, 0.5) is 0 Å². The summed E-state index contributed by atoms with van der Waals surface area (Å²) in [5.74, 6) is 0.856. The van der Waals surface area contributed by atoms with Crippen molar-refractivity contribution in [3.05, 3.63) is 35.4 Å². The SMILES string of the molecule is c1ccc2c(c1)CCNC21CCN(CC2CCOCC2)CC1. The van der Waals surface area contributed by atoms with E-state index in [0.717, 1.165) is 25.7 Å². The Hall–Kier alpha value is -0.900. The number of ether oxygens (including phenoxy) is 1. The van der Waals surface area contributed by atoms with Crippen molar-refractivity contribution in [3.8, 4) is 0 Å². The predicted molar refractivity (Wildman–Crippen MR) is 89.0 cm³/mol. The molecule has 2 fully saturated rings. The van der Waals surface area contributed by atoms with Crippen LogP contribution in [-0.2, 0) is 16.7 Å². The number of nitrogens with zero attached hydrogens (tertiary/aromatic N) is 1. The Morgan fingerprint density at radius 2 is 1.91 bits per heavy atom. The molecule has 0 unspecified atom stereocenters. The Morgan fingerprint density at radius 1 is 1.14 bits per heavy atom. The van der Waals surface area contributed by atoms with Crippen LogP contribution in [0.15, 0.2) is 24.3 Å². The number of piperidine rings is 1. The third-order valence-electron chi connectivity index (χ3n) is 5.96. The van der Waals surface area contributed by atoms with Gasteiger partial charge in [0, 0.05) is 44.9 Å². The molecule has 0 aromatic heterocycles. The molecular formula is C19H28N2O. The van der Waals surface area contributed by atoms with Crippen LogP contribution in [0.25, 0.3) is 0 Å². The maximum Gasteiger partial charge on any atom is 0.0469 e. The lowest BCUT2D eigenvalue weighted by Crippen LogP contribution is -2.54. The highest BCUT2D eigenvalue weighted by atomic mass is 16.5. The summed E-state index contributed by atoms with van der Waals surface area (Å²) in [6.45, 7) is 6.82. The zero-order valence-corrected chi connectivity index (χ0v) is 13.5. The molecule has 0 saturated carbocycles. The molecule has 120 valence electrons. The van der Waals surface area contributed by atoms with Gasteiger partial charge in [0.25, 0.3) is 0 Å². The number of nitrogens with one attached hydrogen (secondary N) is 1. The Morgan fingerprint density at radius 3 is 2.73 bits per heavy atom. The first-order valence-electron chi connectivity index (χ1n) is 8.99. The van der Waals surface area contributed by atoms with Gasteiger partial charge in [0.1, 0.15) is 0 Å². The normalized spacial score (nSPS) is 26.0. The molecule has 4 rings (SSSR count). The summed E-state index contributed by atoms with van der Waals surface area (Å²) in [4.78, 5) is 2.69. The fraction of sp³-hybridized carbons (Fsp3) is 0.684. The van der Waals surface area contributed by atoms with Gasteiger partial charge in [-0.3, -0.25) is 0 Å². The monoisotopic (exact) mass is 300 g/mol. The average molecular weight is 300 g/mol. The van der Waals surface area contributed by atoms with Gasteiger partial charge < -0.3 is 15.0 Å². The third-order valence-corrected chi connectivity index (χ3v) is 5.96. The van der Waals surface area contributed by atoms with Crippen LogP contribution in [0.3, 0.4) is 0 Å². The zero-order valence-electron chi connectivity index (χ0n) is 13.5. The van der Waals surface area contributed by atoms with E-state index in [1.165, 1.54) is 51.7 Å². The molecular weight excluding hydrogens is 272 g/mol. The Kier molecular flexibility index (Phi) is 4.21. The second-order valence-corrected chi connectivity index (χ2v) is 7.27. The molecule has 0 bridgehead atoms. The van der Waals surface area contributed by atoms with Crippen molar-refractivity contribution in [2.24, 2.45) is 5.92 Å². The largest absolute Gasteiger partial charge is 0.381 e. The van der Waals surface area contributed by atoms with Crippen molar-refractivity contribution < 1.29 is 4.74 Å². The second-order valence-electron chi connectivity index (χ2n) is 7.27. The average Bonchev–Trinajstić information content (AvgIpc) is 2.59. The smallest absolute Gasteiger partial charge is 0.0469 e. The van der Waals surface area contributed by atoms with Crippen LogP contribution >= 0.6 is 0 Å². The van der Waals surface area contributed by atoms with E-state index in [2.05, 4.69) is 34.5 Å². The lowest BCUT2D eigenvalue weighted by Gasteiger charge is -2.46. The van der Waals surface area contributed by atoms with E-state index in [1.54, 1.807) is 11.1 Å². The zero-order chi connectivity index (χ0) is 14.8. The molecule has 22 heavy (non-hydrogen) atoms. The minimum absolute atomic E-state index is 0.251. The van der Waals surface area contributed by atoms with E-state index in [-0.39, 0.29) is 5.54 Å². The van der Waals surface area contributed by atoms with Crippen LogP contribution in [0.2, 0.25) is 0 Å². The highest BCUT2D eigenvalue weighted by Gasteiger charge is 2.39. The van der Waals surface area contributed by atoms with Gasteiger partial charge in [0.2, 0.25) is 0 Å². The first-order chi connectivity index (χ1) is 10.9. The molecule has 1 aromatic carbocycles. The van der Waals surface area contributed by atoms with Gasteiger partial charge in [-0.05, 0) is 49.1 Å². The molecule has 1 aromatic rings. The number of rotatable bonds is 2. The fourth-order valence-corrected chi connectivity index (χ4v) is 4.59. The van der Waals surface area contributed by atoms with Gasteiger partial charge in [-0.2, -0.15) is 0 Å². The van der Waals surface area contributed by atoms with Crippen molar-refractivity contribution in [3.63, 3.8) is 0 Å². The second kappa shape index (κ2) is 6.31. The number of hydrogen-bond acceptors (Lipinski definition) is 3. The number of benzene rings is 1. The number of fused-ring (bicyclic) bond motifs is 2.